The highest BCUT2D eigenvalue weighted by Gasteiger charge is 2.48. The molecular weight excluding hydrogens is 344 g/mol. The van der Waals surface area contributed by atoms with Crippen molar-refractivity contribution in [1.29, 1.82) is 0 Å². The van der Waals surface area contributed by atoms with Crippen LogP contribution < -0.4 is 10.4 Å². The van der Waals surface area contributed by atoms with Crippen LogP contribution in [0.1, 0.15) is 36.0 Å². The van der Waals surface area contributed by atoms with E-state index < -0.39 is 17.8 Å². The lowest BCUT2D eigenvalue weighted by molar-refractivity contribution is -0.313. The lowest BCUT2D eigenvalue weighted by atomic mass is 9.82. The molecule has 2 bridgehead atoms. The molecule has 2 amide bonds. The number of likely N-dealkylation sites (tertiary alicyclic amines) is 1. The van der Waals surface area contributed by atoms with Gasteiger partial charge in [-0.1, -0.05) is 12.2 Å². The van der Waals surface area contributed by atoms with Crippen LogP contribution in [0.25, 0.3) is 0 Å². The van der Waals surface area contributed by atoms with E-state index in [0.717, 1.165) is 25.9 Å². The predicted octanol–water partition coefficient (Wildman–Crippen LogP) is 1.44. The molecule has 1 aromatic carbocycles. The number of carboxylic acids is 1. The first-order chi connectivity index (χ1) is 13.0. The molecule has 142 valence electrons. The van der Waals surface area contributed by atoms with E-state index in [1.807, 2.05) is 17.1 Å². The van der Waals surface area contributed by atoms with E-state index in [0.29, 0.717) is 17.7 Å². The number of nitrogens with one attached hydrogen (secondary N) is 1. The number of amides is 2. The minimum absolute atomic E-state index is 0.0165. The fraction of sp³-hybridized carbons (Fsp3) is 0.476. The second-order valence-corrected chi connectivity index (χ2v) is 7.74. The molecule has 27 heavy (non-hydrogen) atoms. The number of piperidine rings is 1. The summed E-state index contributed by atoms with van der Waals surface area (Å²) in [6.07, 6.45) is 7.76. The van der Waals surface area contributed by atoms with Crippen LogP contribution in [0, 0.1) is 23.7 Å². The van der Waals surface area contributed by atoms with E-state index in [1.165, 1.54) is 6.42 Å². The average Bonchev–Trinajstić information content (AvgIpc) is 3.30. The number of benzene rings is 1. The van der Waals surface area contributed by atoms with E-state index in [2.05, 4.69) is 5.32 Å². The third-order valence-electron chi connectivity index (χ3n) is 6.08. The Bertz CT molecular complexity index is 780. The smallest absolute Gasteiger partial charge is 0.253 e. The van der Waals surface area contributed by atoms with Crippen LogP contribution >= 0.6 is 0 Å². The van der Waals surface area contributed by atoms with Gasteiger partial charge in [0, 0.05) is 36.2 Å². The number of fused-ring (bicyclic) bond motifs is 2. The highest BCUT2D eigenvalue weighted by molar-refractivity contribution is 5.98. The second kappa shape index (κ2) is 7.18. The van der Waals surface area contributed by atoms with E-state index in [4.69, 9.17) is 0 Å². The zero-order chi connectivity index (χ0) is 19.0. The summed E-state index contributed by atoms with van der Waals surface area (Å²) in [5.41, 5.74) is 1.17. The zero-order valence-electron chi connectivity index (χ0n) is 15.1. The maximum atomic E-state index is 12.7. The first-order valence-corrected chi connectivity index (χ1v) is 9.64. The van der Waals surface area contributed by atoms with Gasteiger partial charge in [0.2, 0.25) is 5.91 Å². The molecule has 4 rings (SSSR count). The van der Waals surface area contributed by atoms with Gasteiger partial charge in [-0.15, -0.1) is 0 Å². The minimum atomic E-state index is -1.16. The van der Waals surface area contributed by atoms with Crippen molar-refractivity contribution >= 4 is 23.5 Å². The molecule has 0 radical (unpaired) electrons. The summed E-state index contributed by atoms with van der Waals surface area (Å²) >= 11 is 0. The van der Waals surface area contributed by atoms with Gasteiger partial charge < -0.3 is 20.1 Å². The van der Waals surface area contributed by atoms with Crippen molar-refractivity contribution in [3.63, 3.8) is 0 Å². The molecule has 6 heteroatoms. The van der Waals surface area contributed by atoms with Crippen molar-refractivity contribution in [2.45, 2.75) is 25.7 Å². The third-order valence-corrected chi connectivity index (χ3v) is 6.08. The Labute approximate surface area is 158 Å². The van der Waals surface area contributed by atoms with Crippen molar-refractivity contribution in [2.24, 2.45) is 23.7 Å². The van der Waals surface area contributed by atoms with Gasteiger partial charge in [0.15, 0.2) is 0 Å². The van der Waals surface area contributed by atoms with Crippen LogP contribution in [0.5, 0.6) is 0 Å². The number of hydrogen-bond acceptors (Lipinski definition) is 4. The monoisotopic (exact) mass is 367 g/mol. The molecule has 1 aliphatic heterocycles. The number of carbonyl (C=O) groups is 3. The molecule has 0 unspecified atom stereocenters. The molecule has 1 N–H and O–H groups in total. The normalized spacial score (nSPS) is 29.0. The summed E-state index contributed by atoms with van der Waals surface area (Å²) in [4.78, 5) is 38.5. The van der Waals surface area contributed by atoms with Crippen molar-refractivity contribution in [2.75, 3.05) is 18.4 Å². The topological polar surface area (TPSA) is 89.5 Å². The molecular formula is C21H23N2O4-. The summed E-state index contributed by atoms with van der Waals surface area (Å²) in [6.45, 7) is 1.58. The number of allylic oxidation sites excluding steroid dienone is 2. The summed E-state index contributed by atoms with van der Waals surface area (Å²) in [5.74, 6) is -2.95. The summed E-state index contributed by atoms with van der Waals surface area (Å²) in [5, 5.41) is 14.3. The van der Waals surface area contributed by atoms with Gasteiger partial charge in [0.05, 0.1) is 5.92 Å². The van der Waals surface area contributed by atoms with E-state index >= 15 is 0 Å². The molecule has 2 aliphatic carbocycles. The Balaban J connectivity index is 1.42. The number of hydrogen-bond donors (Lipinski definition) is 1. The number of carboxylic acid groups (broad SMARTS) is 1. The van der Waals surface area contributed by atoms with Gasteiger partial charge in [0.1, 0.15) is 0 Å². The largest absolute Gasteiger partial charge is 0.550 e. The van der Waals surface area contributed by atoms with Gasteiger partial charge in [0.25, 0.3) is 5.91 Å². The molecule has 0 aromatic heterocycles. The molecule has 1 aromatic rings. The highest BCUT2D eigenvalue weighted by atomic mass is 16.4. The standard InChI is InChI=1S/C21H24N2O4/c24-19(17-14-4-5-15(12-14)18(17)21(26)27)22-16-8-6-13(7-9-16)20(25)23-10-2-1-3-11-23/h4-9,14-15,17-18H,1-3,10-12H2,(H,22,24)(H,26,27)/p-1/t14-,15+,17+,18+/m0/s1. The fourth-order valence-electron chi connectivity index (χ4n) is 4.70. The SMILES string of the molecule is O=C([O-])[C@H]1[C@H](C(=O)Nc2ccc(C(=O)N3CCCCC3)cc2)[C@H]2C=C[C@@H]1C2. The number of nitrogens with zero attached hydrogens (tertiary/aromatic N) is 1. The minimum Gasteiger partial charge on any atom is -0.550 e. The summed E-state index contributed by atoms with van der Waals surface area (Å²) in [6, 6.07) is 6.82. The number of rotatable bonds is 4. The maximum Gasteiger partial charge on any atom is 0.253 e. The molecule has 4 atom stereocenters. The molecule has 6 nitrogen and oxygen atoms in total. The average molecular weight is 367 g/mol. The molecule has 1 heterocycles. The Morgan fingerprint density at radius 2 is 1.56 bits per heavy atom. The Morgan fingerprint density at radius 3 is 2.19 bits per heavy atom. The van der Waals surface area contributed by atoms with Gasteiger partial charge in [-0.2, -0.15) is 0 Å². The van der Waals surface area contributed by atoms with E-state index in [9.17, 15) is 19.5 Å². The Morgan fingerprint density at radius 1 is 0.926 bits per heavy atom. The fourth-order valence-corrected chi connectivity index (χ4v) is 4.70. The van der Waals surface area contributed by atoms with E-state index in [-0.39, 0.29) is 23.7 Å². The molecule has 3 aliphatic rings. The van der Waals surface area contributed by atoms with Gasteiger partial charge in [-0.3, -0.25) is 9.59 Å². The van der Waals surface area contributed by atoms with Crippen LogP contribution in [0.3, 0.4) is 0 Å². The summed E-state index contributed by atoms with van der Waals surface area (Å²) < 4.78 is 0. The van der Waals surface area contributed by atoms with Crippen molar-refractivity contribution in [3.8, 4) is 0 Å². The van der Waals surface area contributed by atoms with Gasteiger partial charge in [-0.05, 0) is 61.8 Å². The molecule has 1 saturated carbocycles. The second-order valence-electron chi connectivity index (χ2n) is 7.74. The molecule has 1 saturated heterocycles. The number of anilines is 1. The van der Waals surface area contributed by atoms with Crippen LogP contribution in [0.15, 0.2) is 36.4 Å². The first-order valence-electron chi connectivity index (χ1n) is 9.64. The third kappa shape index (κ3) is 3.36. The Kier molecular flexibility index (Phi) is 4.72. The Hall–Kier alpha value is -2.63. The molecule has 0 spiro atoms. The van der Waals surface area contributed by atoms with Crippen LogP contribution in [-0.4, -0.2) is 35.8 Å². The quantitative estimate of drug-likeness (QED) is 0.816. The maximum absolute atomic E-state index is 12.7. The van der Waals surface area contributed by atoms with Gasteiger partial charge >= 0.3 is 0 Å². The first kappa shape index (κ1) is 17.8. The van der Waals surface area contributed by atoms with Crippen molar-refractivity contribution in [3.05, 3.63) is 42.0 Å². The van der Waals surface area contributed by atoms with Gasteiger partial charge in [-0.25, -0.2) is 0 Å². The molecule has 2 fully saturated rings. The van der Waals surface area contributed by atoms with Crippen LogP contribution in [0.4, 0.5) is 5.69 Å². The van der Waals surface area contributed by atoms with Crippen LogP contribution in [-0.2, 0) is 9.59 Å². The lowest BCUT2D eigenvalue weighted by Crippen LogP contribution is -2.42. The van der Waals surface area contributed by atoms with Crippen molar-refractivity contribution < 1.29 is 19.5 Å². The lowest BCUT2D eigenvalue weighted by Gasteiger charge is -2.28. The number of carbonyl (C=O) groups excluding carboxylic acids is 3. The number of aliphatic carboxylic acids is 1. The highest BCUT2D eigenvalue weighted by Crippen LogP contribution is 2.48. The summed E-state index contributed by atoms with van der Waals surface area (Å²) in [7, 11) is 0. The van der Waals surface area contributed by atoms with Crippen molar-refractivity contribution in [1.82, 2.24) is 4.90 Å². The zero-order valence-corrected chi connectivity index (χ0v) is 15.1. The van der Waals surface area contributed by atoms with Crippen LogP contribution in [0.2, 0.25) is 0 Å². The van der Waals surface area contributed by atoms with E-state index in [1.54, 1.807) is 24.3 Å². The predicted molar refractivity (Wildman–Crippen MR) is 97.6 cm³/mol.